The van der Waals surface area contributed by atoms with Gasteiger partial charge in [-0.05, 0) is 25.5 Å². The van der Waals surface area contributed by atoms with Crippen molar-refractivity contribution in [3.05, 3.63) is 29.8 Å². The first kappa shape index (κ1) is 14.4. The number of aryl methyl sites for hydroxylation is 1. The summed E-state index contributed by atoms with van der Waals surface area (Å²) in [5.41, 5.74) is 1.49. The molecule has 1 aliphatic rings. The van der Waals surface area contributed by atoms with Gasteiger partial charge in [-0.3, -0.25) is 4.90 Å². The highest BCUT2D eigenvalue weighted by Crippen LogP contribution is 2.24. The highest BCUT2D eigenvalue weighted by Gasteiger charge is 2.32. The molecule has 0 aliphatic carbocycles. The zero-order chi connectivity index (χ0) is 15.0. The Hall–Kier alpha value is -1.53. The van der Waals surface area contributed by atoms with Crippen molar-refractivity contribution in [1.29, 1.82) is 0 Å². The van der Waals surface area contributed by atoms with Crippen LogP contribution < -0.4 is 0 Å². The number of likely N-dealkylation sites (tertiary alicyclic amines) is 1. The maximum Gasteiger partial charge on any atom is 0.125 e. The molecule has 1 saturated heterocycles. The Bertz CT molecular complexity index is 643. The number of benzene rings is 1. The second-order valence-corrected chi connectivity index (χ2v) is 5.50. The molecule has 6 heteroatoms. The van der Waals surface area contributed by atoms with Crippen LogP contribution >= 0.6 is 0 Å². The van der Waals surface area contributed by atoms with E-state index >= 15 is 0 Å². The molecule has 1 aromatic heterocycles. The normalized spacial score (nSPS) is 23.2. The van der Waals surface area contributed by atoms with Gasteiger partial charge in [0, 0.05) is 25.2 Å². The maximum absolute atomic E-state index is 13.5. The highest BCUT2D eigenvalue weighted by molar-refractivity contribution is 5.76. The van der Waals surface area contributed by atoms with Crippen LogP contribution in [-0.2, 0) is 13.1 Å². The number of imidazole rings is 1. The molecule has 2 atom stereocenters. The van der Waals surface area contributed by atoms with Gasteiger partial charge in [0.2, 0.25) is 0 Å². The summed E-state index contributed by atoms with van der Waals surface area (Å²) in [6.45, 7) is 3.44. The van der Waals surface area contributed by atoms with E-state index in [9.17, 15) is 13.9 Å². The van der Waals surface area contributed by atoms with Crippen molar-refractivity contribution in [2.75, 3.05) is 13.2 Å². The number of aliphatic hydroxyl groups is 1. The second-order valence-electron chi connectivity index (χ2n) is 5.50. The molecule has 4 nitrogen and oxygen atoms in total. The largest absolute Gasteiger partial charge is 0.395 e. The number of fused-ring (bicyclic) bond motifs is 1. The number of rotatable bonds is 4. The van der Waals surface area contributed by atoms with Gasteiger partial charge in [0.15, 0.2) is 0 Å². The lowest BCUT2D eigenvalue weighted by Gasteiger charge is -2.22. The molecular weight excluding hydrogens is 276 g/mol. The van der Waals surface area contributed by atoms with Gasteiger partial charge < -0.3 is 9.67 Å². The van der Waals surface area contributed by atoms with Crippen molar-refractivity contribution in [2.45, 2.75) is 38.6 Å². The summed E-state index contributed by atoms with van der Waals surface area (Å²) in [5.74, 6) is 0.471. The number of hydrogen-bond acceptors (Lipinski definition) is 3. The summed E-state index contributed by atoms with van der Waals surface area (Å²) in [6, 6.07) is 4.39. The van der Waals surface area contributed by atoms with E-state index in [0.29, 0.717) is 31.6 Å². The molecule has 1 aliphatic heterocycles. The summed E-state index contributed by atoms with van der Waals surface area (Å²) in [5, 5.41) is 9.35. The minimum absolute atomic E-state index is 0.0542. The van der Waals surface area contributed by atoms with Crippen molar-refractivity contribution in [2.24, 2.45) is 0 Å². The fraction of sp³-hybridized carbons (Fsp3) is 0.533. The molecular formula is C15H19F2N3O. The second kappa shape index (κ2) is 5.69. The van der Waals surface area contributed by atoms with Crippen LogP contribution in [0.4, 0.5) is 8.78 Å². The molecule has 1 N–H and O–H groups in total. The van der Waals surface area contributed by atoms with Gasteiger partial charge in [-0.1, -0.05) is 0 Å². The lowest BCUT2D eigenvalue weighted by molar-refractivity contribution is 0.149. The minimum Gasteiger partial charge on any atom is -0.395 e. The minimum atomic E-state index is -0.904. The first-order valence-electron chi connectivity index (χ1n) is 7.26. The number of alkyl halides is 1. The van der Waals surface area contributed by atoms with E-state index in [4.69, 9.17) is 0 Å². The molecule has 3 rings (SSSR count). The molecule has 0 spiro atoms. The highest BCUT2D eigenvalue weighted by atomic mass is 19.1. The molecule has 0 bridgehead atoms. The van der Waals surface area contributed by atoms with Gasteiger partial charge in [0.05, 0.1) is 24.2 Å². The van der Waals surface area contributed by atoms with Gasteiger partial charge in [-0.15, -0.1) is 0 Å². The predicted octanol–water partition coefficient (Wildman–Crippen LogP) is 2.10. The van der Waals surface area contributed by atoms with Crippen molar-refractivity contribution in [3.63, 3.8) is 0 Å². The van der Waals surface area contributed by atoms with Crippen LogP contribution in [0, 0.1) is 5.82 Å². The SMILES string of the molecule is CCn1c(CN2C[C@@H](F)C[C@H]2CO)nc2cc(F)ccc21. The zero-order valence-electron chi connectivity index (χ0n) is 12.0. The molecule has 0 radical (unpaired) electrons. The molecule has 1 fully saturated rings. The molecule has 21 heavy (non-hydrogen) atoms. The van der Waals surface area contributed by atoms with Crippen molar-refractivity contribution in [1.82, 2.24) is 14.5 Å². The summed E-state index contributed by atoms with van der Waals surface area (Å²) in [6.07, 6.45) is -0.545. The average molecular weight is 295 g/mol. The molecule has 1 aromatic carbocycles. The van der Waals surface area contributed by atoms with E-state index in [-0.39, 0.29) is 18.5 Å². The number of nitrogens with zero attached hydrogens (tertiary/aromatic N) is 3. The van der Waals surface area contributed by atoms with E-state index in [1.165, 1.54) is 12.1 Å². The average Bonchev–Trinajstić information content (AvgIpc) is 2.98. The van der Waals surface area contributed by atoms with Crippen molar-refractivity contribution in [3.8, 4) is 0 Å². The molecule has 0 amide bonds. The van der Waals surface area contributed by atoms with Crippen molar-refractivity contribution < 1.29 is 13.9 Å². The maximum atomic E-state index is 13.5. The molecule has 114 valence electrons. The third-order valence-corrected chi connectivity index (χ3v) is 4.14. The Morgan fingerprint density at radius 2 is 2.24 bits per heavy atom. The van der Waals surface area contributed by atoms with E-state index in [0.717, 1.165) is 11.3 Å². The number of aliphatic hydroxyl groups excluding tert-OH is 1. The lowest BCUT2D eigenvalue weighted by atomic mass is 10.2. The Balaban J connectivity index is 1.93. The monoisotopic (exact) mass is 295 g/mol. The predicted molar refractivity (Wildman–Crippen MR) is 76.2 cm³/mol. The molecule has 0 saturated carbocycles. The molecule has 2 aromatic rings. The first-order valence-corrected chi connectivity index (χ1v) is 7.26. The van der Waals surface area contributed by atoms with Gasteiger partial charge in [0.25, 0.3) is 0 Å². The third-order valence-electron chi connectivity index (χ3n) is 4.14. The Kier molecular flexibility index (Phi) is 3.91. The Morgan fingerprint density at radius 1 is 1.43 bits per heavy atom. The summed E-state index contributed by atoms with van der Waals surface area (Å²) in [4.78, 5) is 6.39. The molecule has 0 unspecified atom stereocenters. The van der Waals surface area contributed by atoms with Crippen LogP contribution in [0.15, 0.2) is 18.2 Å². The van der Waals surface area contributed by atoms with E-state index < -0.39 is 6.17 Å². The van der Waals surface area contributed by atoms with Crippen LogP contribution in [-0.4, -0.2) is 44.9 Å². The smallest absolute Gasteiger partial charge is 0.125 e. The Morgan fingerprint density at radius 3 is 2.95 bits per heavy atom. The summed E-state index contributed by atoms with van der Waals surface area (Å²) < 4.78 is 28.8. The quantitative estimate of drug-likeness (QED) is 0.939. The summed E-state index contributed by atoms with van der Waals surface area (Å²) in [7, 11) is 0. The van der Waals surface area contributed by atoms with E-state index in [2.05, 4.69) is 4.98 Å². The van der Waals surface area contributed by atoms with E-state index in [1.807, 2.05) is 16.4 Å². The Labute approximate surface area is 122 Å². The standard InChI is InChI=1S/C15H19F2N3O/c1-2-20-14-4-3-10(16)6-13(14)18-15(20)8-19-7-11(17)5-12(19)9-21/h3-4,6,11-12,21H,2,5,7-9H2,1H3/t11-,12-/m0/s1. The fourth-order valence-electron chi connectivity index (χ4n) is 3.11. The van der Waals surface area contributed by atoms with Gasteiger partial charge in [-0.2, -0.15) is 0 Å². The zero-order valence-corrected chi connectivity index (χ0v) is 12.0. The van der Waals surface area contributed by atoms with Crippen molar-refractivity contribution >= 4 is 11.0 Å². The van der Waals surface area contributed by atoms with E-state index in [1.54, 1.807) is 6.07 Å². The number of halogens is 2. The van der Waals surface area contributed by atoms with Crippen LogP contribution in [0.5, 0.6) is 0 Å². The lowest BCUT2D eigenvalue weighted by Crippen LogP contribution is -2.32. The molecule has 2 heterocycles. The van der Waals surface area contributed by atoms with Gasteiger partial charge in [0.1, 0.15) is 17.8 Å². The van der Waals surface area contributed by atoms with Gasteiger partial charge in [-0.25, -0.2) is 13.8 Å². The fourth-order valence-corrected chi connectivity index (χ4v) is 3.11. The topological polar surface area (TPSA) is 41.3 Å². The van der Waals surface area contributed by atoms with Crippen LogP contribution in [0.25, 0.3) is 11.0 Å². The van der Waals surface area contributed by atoms with Crippen LogP contribution in [0.2, 0.25) is 0 Å². The van der Waals surface area contributed by atoms with Crippen LogP contribution in [0.1, 0.15) is 19.2 Å². The number of aromatic nitrogens is 2. The third kappa shape index (κ3) is 2.65. The van der Waals surface area contributed by atoms with Gasteiger partial charge >= 0.3 is 0 Å². The number of hydrogen-bond donors (Lipinski definition) is 1. The summed E-state index contributed by atoms with van der Waals surface area (Å²) >= 11 is 0. The first-order chi connectivity index (χ1) is 10.1. The van der Waals surface area contributed by atoms with Crippen LogP contribution in [0.3, 0.4) is 0 Å².